The van der Waals surface area contributed by atoms with E-state index in [4.69, 9.17) is 5.11 Å². The first kappa shape index (κ1) is 14.4. The van der Waals surface area contributed by atoms with E-state index in [2.05, 4.69) is 0 Å². The number of hydrogen-bond acceptors (Lipinski definition) is 2. The van der Waals surface area contributed by atoms with Gasteiger partial charge in [0.1, 0.15) is 11.6 Å². The number of halogens is 1. The lowest BCUT2D eigenvalue weighted by Crippen LogP contribution is -2.10. The lowest BCUT2D eigenvalue weighted by atomic mass is 10.0. The molecule has 0 aliphatic rings. The molecule has 0 aromatic heterocycles. The van der Waals surface area contributed by atoms with Crippen LogP contribution in [0.2, 0.25) is 0 Å². The van der Waals surface area contributed by atoms with Crippen LogP contribution in [0.4, 0.5) is 4.39 Å². The molecule has 5 heteroatoms. The summed E-state index contributed by atoms with van der Waals surface area (Å²) < 4.78 is 25.1. The average Bonchev–Trinajstić information content (AvgIpc) is 2.39. The highest BCUT2D eigenvalue weighted by Crippen LogP contribution is 2.23. The monoisotopic (exact) mass is 292 g/mol. The Balaban J connectivity index is 2.13. The van der Waals surface area contributed by atoms with Crippen molar-refractivity contribution in [1.29, 1.82) is 0 Å². The zero-order chi connectivity index (χ0) is 14.5. The minimum absolute atomic E-state index is 0.184. The van der Waals surface area contributed by atoms with E-state index in [-0.39, 0.29) is 17.3 Å². The maximum absolute atomic E-state index is 13.6. The highest BCUT2D eigenvalue weighted by atomic mass is 32.2. The van der Waals surface area contributed by atoms with Gasteiger partial charge in [0.2, 0.25) is 0 Å². The maximum Gasteiger partial charge on any atom is 0.316 e. The maximum atomic E-state index is 13.6. The van der Waals surface area contributed by atoms with Crippen LogP contribution in [0.1, 0.15) is 5.56 Å². The Hall–Kier alpha value is -2.01. The van der Waals surface area contributed by atoms with Gasteiger partial charge in [-0.3, -0.25) is 9.00 Å². The molecule has 1 atom stereocenters. The number of rotatable bonds is 5. The molecule has 3 nitrogen and oxygen atoms in total. The van der Waals surface area contributed by atoms with Crippen molar-refractivity contribution in [2.24, 2.45) is 0 Å². The molecule has 20 heavy (non-hydrogen) atoms. The molecule has 0 bridgehead atoms. The molecule has 0 saturated carbocycles. The van der Waals surface area contributed by atoms with Crippen LogP contribution in [-0.2, 0) is 21.3 Å². The molecule has 2 aromatic carbocycles. The van der Waals surface area contributed by atoms with E-state index in [9.17, 15) is 13.4 Å². The molecular weight excluding hydrogens is 279 g/mol. The summed E-state index contributed by atoms with van der Waals surface area (Å²) in [6.45, 7) is 0. The summed E-state index contributed by atoms with van der Waals surface area (Å²) in [6, 6.07) is 13.4. The minimum Gasteiger partial charge on any atom is -0.481 e. The fraction of sp³-hybridized carbons (Fsp3) is 0.133. The summed E-state index contributed by atoms with van der Waals surface area (Å²) in [5.74, 6) is -1.56. The van der Waals surface area contributed by atoms with Crippen LogP contribution in [0.5, 0.6) is 0 Å². The van der Waals surface area contributed by atoms with E-state index in [0.717, 1.165) is 11.1 Å². The molecule has 1 N–H and O–H groups in total. The quantitative estimate of drug-likeness (QED) is 0.922. The summed E-state index contributed by atoms with van der Waals surface area (Å²) in [7, 11) is -1.43. The third kappa shape index (κ3) is 3.74. The summed E-state index contributed by atoms with van der Waals surface area (Å²) in [5.41, 5.74) is 2.01. The molecule has 2 rings (SSSR count). The first-order chi connectivity index (χ1) is 9.56. The van der Waals surface area contributed by atoms with Gasteiger partial charge in [0.05, 0.1) is 0 Å². The van der Waals surface area contributed by atoms with E-state index in [0.29, 0.717) is 5.56 Å². The van der Waals surface area contributed by atoms with Gasteiger partial charge in [0.25, 0.3) is 0 Å². The lowest BCUT2D eigenvalue weighted by molar-refractivity contribution is -0.133. The normalized spacial score (nSPS) is 12.1. The molecule has 104 valence electrons. The van der Waals surface area contributed by atoms with Crippen molar-refractivity contribution < 1.29 is 18.5 Å². The third-order valence-corrected chi connectivity index (χ3v) is 3.98. The van der Waals surface area contributed by atoms with Gasteiger partial charge in [-0.25, -0.2) is 4.39 Å². The van der Waals surface area contributed by atoms with Gasteiger partial charge in [-0.2, -0.15) is 0 Å². The second kappa shape index (κ2) is 6.43. The number of carboxylic acid groups (broad SMARTS) is 1. The van der Waals surface area contributed by atoms with Crippen LogP contribution >= 0.6 is 0 Å². The van der Waals surface area contributed by atoms with E-state index in [1.54, 1.807) is 42.5 Å². The Morgan fingerprint density at radius 1 is 1.10 bits per heavy atom. The van der Waals surface area contributed by atoms with Crippen LogP contribution in [0, 0.1) is 5.82 Å². The third-order valence-electron chi connectivity index (χ3n) is 2.75. The molecule has 0 aliphatic carbocycles. The summed E-state index contributed by atoms with van der Waals surface area (Å²) >= 11 is 0. The fourth-order valence-electron chi connectivity index (χ4n) is 1.85. The molecule has 1 unspecified atom stereocenters. The molecular formula is C15H13FO3S. The van der Waals surface area contributed by atoms with E-state index < -0.39 is 16.8 Å². The molecule has 0 heterocycles. The molecule has 0 spiro atoms. The van der Waals surface area contributed by atoms with E-state index in [1.807, 2.05) is 0 Å². The van der Waals surface area contributed by atoms with Gasteiger partial charge in [0.15, 0.2) is 0 Å². The van der Waals surface area contributed by atoms with Crippen molar-refractivity contribution in [3.05, 3.63) is 59.9 Å². The summed E-state index contributed by atoms with van der Waals surface area (Å²) in [6.07, 6.45) is 0. The predicted molar refractivity (Wildman–Crippen MR) is 76.2 cm³/mol. The molecule has 2 aromatic rings. The van der Waals surface area contributed by atoms with Crippen molar-refractivity contribution in [2.45, 2.75) is 5.75 Å². The molecule has 0 fully saturated rings. The van der Waals surface area contributed by atoms with Gasteiger partial charge >= 0.3 is 5.97 Å². The molecule has 0 saturated heterocycles. The second-order valence-corrected chi connectivity index (χ2v) is 5.76. The second-order valence-electron chi connectivity index (χ2n) is 4.30. The van der Waals surface area contributed by atoms with Gasteiger partial charge in [-0.05, 0) is 17.2 Å². The predicted octanol–water partition coefficient (Wildman–Crippen LogP) is 2.83. The number of hydrogen-bond donors (Lipinski definition) is 1. The Morgan fingerprint density at radius 3 is 2.35 bits per heavy atom. The van der Waals surface area contributed by atoms with Gasteiger partial charge < -0.3 is 5.11 Å². The smallest absolute Gasteiger partial charge is 0.316 e. The number of benzene rings is 2. The van der Waals surface area contributed by atoms with Crippen LogP contribution in [0.25, 0.3) is 11.1 Å². The lowest BCUT2D eigenvalue weighted by Gasteiger charge is -2.05. The van der Waals surface area contributed by atoms with Crippen LogP contribution in [-0.4, -0.2) is 21.0 Å². The van der Waals surface area contributed by atoms with Gasteiger partial charge in [-0.1, -0.05) is 42.5 Å². The average molecular weight is 292 g/mol. The Kier molecular flexibility index (Phi) is 4.63. The van der Waals surface area contributed by atoms with Crippen LogP contribution < -0.4 is 0 Å². The van der Waals surface area contributed by atoms with Crippen LogP contribution in [0.3, 0.4) is 0 Å². The van der Waals surface area contributed by atoms with Crippen molar-refractivity contribution in [3.8, 4) is 11.1 Å². The topological polar surface area (TPSA) is 54.4 Å². The van der Waals surface area contributed by atoms with Crippen molar-refractivity contribution in [3.63, 3.8) is 0 Å². The Morgan fingerprint density at radius 2 is 1.75 bits per heavy atom. The van der Waals surface area contributed by atoms with Crippen molar-refractivity contribution in [1.82, 2.24) is 0 Å². The minimum atomic E-state index is -1.43. The number of aliphatic carboxylic acids is 1. The number of carbonyl (C=O) groups is 1. The van der Waals surface area contributed by atoms with E-state index in [1.165, 1.54) is 6.07 Å². The van der Waals surface area contributed by atoms with Crippen LogP contribution in [0.15, 0.2) is 48.5 Å². The largest absolute Gasteiger partial charge is 0.481 e. The fourth-order valence-corrected chi connectivity index (χ4v) is 2.79. The molecule has 0 amide bonds. The Labute approximate surface area is 118 Å². The van der Waals surface area contributed by atoms with Crippen molar-refractivity contribution in [2.75, 3.05) is 5.75 Å². The van der Waals surface area contributed by atoms with Gasteiger partial charge in [-0.15, -0.1) is 0 Å². The summed E-state index contributed by atoms with van der Waals surface area (Å²) in [5, 5.41) is 8.55. The number of carboxylic acids is 1. The highest BCUT2D eigenvalue weighted by molar-refractivity contribution is 7.84. The van der Waals surface area contributed by atoms with E-state index >= 15 is 0 Å². The molecule has 0 aliphatic heterocycles. The SMILES string of the molecule is O=C(O)CS(=O)Cc1ccc(-c2ccccc2F)cc1. The zero-order valence-electron chi connectivity index (χ0n) is 10.6. The summed E-state index contributed by atoms with van der Waals surface area (Å²) in [4.78, 5) is 10.4. The standard InChI is InChI=1S/C15H13FO3S/c16-14-4-2-1-3-13(14)12-7-5-11(6-8-12)9-20(19)10-15(17)18/h1-8H,9-10H2,(H,17,18). The highest BCUT2D eigenvalue weighted by Gasteiger charge is 2.08. The Bertz CT molecular complexity index is 638. The zero-order valence-corrected chi connectivity index (χ0v) is 11.4. The van der Waals surface area contributed by atoms with Gasteiger partial charge in [0, 0.05) is 22.1 Å². The van der Waals surface area contributed by atoms with Crippen molar-refractivity contribution >= 4 is 16.8 Å². The first-order valence-corrected chi connectivity index (χ1v) is 7.45. The molecule has 0 radical (unpaired) electrons. The first-order valence-electron chi connectivity index (χ1n) is 5.97.